The molecular weight excluding hydrogens is 317 g/mol. The van der Waals surface area contributed by atoms with Crippen molar-refractivity contribution in [2.24, 2.45) is 0 Å². The zero-order valence-electron chi connectivity index (χ0n) is 11.3. The van der Waals surface area contributed by atoms with Crippen molar-refractivity contribution < 1.29 is 4.74 Å². The van der Waals surface area contributed by atoms with E-state index in [0.29, 0.717) is 5.69 Å². The summed E-state index contributed by atoms with van der Waals surface area (Å²) in [4.78, 5) is 26.3. The molecule has 2 rings (SSSR count). The van der Waals surface area contributed by atoms with Crippen LogP contribution in [0.25, 0.3) is 0 Å². The van der Waals surface area contributed by atoms with E-state index in [0.717, 1.165) is 4.57 Å². The highest BCUT2D eigenvalue weighted by atomic mass is 35.5. The van der Waals surface area contributed by atoms with Gasteiger partial charge in [0.15, 0.2) is 5.75 Å². The second-order valence-electron chi connectivity index (χ2n) is 4.64. The maximum absolute atomic E-state index is 12.2. The molecule has 1 aromatic carbocycles. The number of ether oxygens (including phenoxy) is 1. The van der Waals surface area contributed by atoms with E-state index in [4.69, 9.17) is 33.7 Å². The molecule has 0 unspecified atom stereocenters. The van der Waals surface area contributed by atoms with Gasteiger partial charge < -0.3 is 15.5 Å². The minimum atomic E-state index is -0.572. The van der Waals surface area contributed by atoms with Crippen LogP contribution < -0.4 is 21.7 Å². The molecule has 6 nitrogen and oxygen atoms in total. The Kier molecular flexibility index (Phi) is 4.29. The number of nitrogens with one attached hydrogen (secondary N) is 1. The second-order valence-corrected chi connectivity index (χ2v) is 5.46. The highest BCUT2D eigenvalue weighted by Crippen LogP contribution is 2.37. The van der Waals surface area contributed by atoms with Gasteiger partial charge in [0.25, 0.3) is 5.56 Å². The van der Waals surface area contributed by atoms with Crippen LogP contribution in [0.15, 0.2) is 27.9 Å². The number of hydrogen-bond acceptors (Lipinski definition) is 4. The lowest BCUT2D eigenvalue weighted by molar-refractivity contribution is 0.446. The first kappa shape index (κ1) is 15.5. The number of anilines is 1. The number of halogens is 2. The van der Waals surface area contributed by atoms with Crippen LogP contribution in [0.1, 0.15) is 19.9 Å². The molecule has 0 spiro atoms. The third-order valence-electron chi connectivity index (χ3n) is 2.72. The molecule has 0 amide bonds. The molecule has 1 heterocycles. The van der Waals surface area contributed by atoms with Crippen LogP contribution >= 0.6 is 23.2 Å². The molecule has 112 valence electrons. The zero-order valence-corrected chi connectivity index (χ0v) is 12.8. The van der Waals surface area contributed by atoms with E-state index in [1.54, 1.807) is 13.8 Å². The Morgan fingerprint density at radius 1 is 1.24 bits per heavy atom. The summed E-state index contributed by atoms with van der Waals surface area (Å²) in [5.41, 5.74) is 4.88. The van der Waals surface area contributed by atoms with Gasteiger partial charge in [-0.3, -0.25) is 9.36 Å². The summed E-state index contributed by atoms with van der Waals surface area (Å²) in [5, 5.41) is 0.336. The molecule has 8 heteroatoms. The molecule has 0 aliphatic heterocycles. The van der Waals surface area contributed by atoms with Gasteiger partial charge in [0.2, 0.25) is 5.75 Å². The number of nitrogen functional groups attached to an aromatic ring is 1. The summed E-state index contributed by atoms with van der Waals surface area (Å²) in [6, 6.07) is 2.59. The number of H-pyrrole nitrogens is 1. The third-order valence-corrected chi connectivity index (χ3v) is 3.29. The highest BCUT2D eigenvalue weighted by Gasteiger charge is 2.15. The lowest BCUT2D eigenvalue weighted by Crippen LogP contribution is -2.36. The van der Waals surface area contributed by atoms with Gasteiger partial charge in [0.05, 0.1) is 16.2 Å². The van der Waals surface area contributed by atoms with Gasteiger partial charge in [0.1, 0.15) is 0 Å². The van der Waals surface area contributed by atoms with E-state index in [-0.39, 0.29) is 27.6 Å². The number of benzene rings is 1. The number of nitrogens with two attached hydrogens (primary N) is 1. The summed E-state index contributed by atoms with van der Waals surface area (Å²) in [7, 11) is 0. The molecule has 0 atom stereocenters. The maximum Gasteiger partial charge on any atom is 0.328 e. The van der Waals surface area contributed by atoms with Gasteiger partial charge in [-0.05, 0) is 26.0 Å². The van der Waals surface area contributed by atoms with Gasteiger partial charge in [-0.2, -0.15) is 0 Å². The van der Waals surface area contributed by atoms with Crippen molar-refractivity contribution in [2.45, 2.75) is 19.9 Å². The molecule has 0 saturated carbocycles. The van der Waals surface area contributed by atoms with Crippen molar-refractivity contribution in [1.82, 2.24) is 9.55 Å². The predicted octanol–water partition coefficient (Wildman–Crippen LogP) is 2.80. The molecule has 21 heavy (non-hydrogen) atoms. The lowest BCUT2D eigenvalue weighted by atomic mass is 10.3. The molecule has 0 saturated heterocycles. The SMILES string of the molecule is CC(C)n1c(=O)[nH]cc(Oc2c(Cl)cc(N)cc2Cl)c1=O. The van der Waals surface area contributed by atoms with Gasteiger partial charge in [0, 0.05) is 11.7 Å². The van der Waals surface area contributed by atoms with E-state index in [1.165, 1.54) is 18.3 Å². The molecule has 1 aromatic heterocycles. The van der Waals surface area contributed by atoms with Crippen molar-refractivity contribution in [2.75, 3.05) is 5.73 Å². The van der Waals surface area contributed by atoms with Gasteiger partial charge in [-0.1, -0.05) is 23.2 Å². The Balaban J connectivity index is 2.54. The largest absolute Gasteiger partial charge is 0.447 e. The summed E-state index contributed by atoms with van der Waals surface area (Å²) in [5.74, 6) is 0.0175. The molecule has 0 bridgehead atoms. The maximum atomic E-state index is 12.2. The normalized spacial score (nSPS) is 10.9. The molecule has 0 aliphatic carbocycles. The zero-order chi connectivity index (χ0) is 15.7. The first-order chi connectivity index (χ1) is 9.81. The number of nitrogens with zero attached hydrogens (tertiary/aromatic N) is 1. The average molecular weight is 330 g/mol. The van der Waals surface area contributed by atoms with Crippen molar-refractivity contribution in [1.29, 1.82) is 0 Å². The summed E-state index contributed by atoms with van der Waals surface area (Å²) >= 11 is 12.0. The first-order valence-electron chi connectivity index (χ1n) is 6.08. The number of rotatable bonds is 3. The Bertz CT molecular complexity index is 773. The van der Waals surface area contributed by atoms with Crippen LogP contribution in [0.4, 0.5) is 5.69 Å². The highest BCUT2D eigenvalue weighted by molar-refractivity contribution is 6.37. The monoisotopic (exact) mass is 329 g/mol. The van der Waals surface area contributed by atoms with Crippen LogP contribution in [0.3, 0.4) is 0 Å². The Morgan fingerprint density at radius 3 is 2.33 bits per heavy atom. The fraction of sp³-hybridized carbons (Fsp3) is 0.231. The molecule has 0 radical (unpaired) electrons. The van der Waals surface area contributed by atoms with E-state index in [1.807, 2.05) is 0 Å². The van der Waals surface area contributed by atoms with Crippen LogP contribution in [-0.2, 0) is 0 Å². The standard InChI is InChI=1S/C13H13Cl2N3O3/c1-6(2)18-12(19)10(5-17-13(18)20)21-11-8(14)3-7(16)4-9(11)15/h3-6H,16H2,1-2H3,(H,17,20). The Labute approximate surface area is 130 Å². The minimum absolute atomic E-state index is 0.0862. The Hall–Kier alpha value is -1.92. The molecule has 2 aromatic rings. The molecular formula is C13H13Cl2N3O3. The van der Waals surface area contributed by atoms with Crippen LogP contribution in [0, 0.1) is 0 Å². The quantitative estimate of drug-likeness (QED) is 0.847. The van der Waals surface area contributed by atoms with E-state index in [2.05, 4.69) is 4.98 Å². The van der Waals surface area contributed by atoms with Crippen LogP contribution in [-0.4, -0.2) is 9.55 Å². The topological polar surface area (TPSA) is 90.1 Å². The van der Waals surface area contributed by atoms with Crippen LogP contribution in [0.5, 0.6) is 11.5 Å². The van der Waals surface area contributed by atoms with E-state index in [9.17, 15) is 9.59 Å². The Morgan fingerprint density at radius 2 is 1.81 bits per heavy atom. The fourth-order valence-electron chi connectivity index (χ4n) is 1.80. The van der Waals surface area contributed by atoms with E-state index < -0.39 is 11.2 Å². The summed E-state index contributed by atoms with van der Waals surface area (Å²) in [6.07, 6.45) is 1.17. The fourth-order valence-corrected chi connectivity index (χ4v) is 2.38. The number of aromatic nitrogens is 2. The molecule has 0 aliphatic rings. The van der Waals surface area contributed by atoms with Crippen molar-refractivity contribution in [3.05, 3.63) is 49.2 Å². The van der Waals surface area contributed by atoms with Crippen molar-refractivity contribution in [3.63, 3.8) is 0 Å². The van der Waals surface area contributed by atoms with Gasteiger partial charge in [-0.15, -0.1) is 0 Å². The van der Waals surface area contributed by atoms with Crippen molar-refractivity contribution in [3.8, 4) is 11.5 Å². The van der Waals surface area contributed by atoms with E-state index >= 15 is 0 Å². The first-order valence-corrected chi connectivity index (χ1v) is 6.83. The van der Waals surface area contributed by atoms with Gasteiger partial charge in [-0.25, -0.2) is 4.79 Å². The predicted molar refractivity (Wildman–Crippen MR) is 82.7 cm³/mol. The third kappa shape index (κ3) is 3.06. The molecule has 3 N–H and O–H groups in total. The van der Waals surface area contributed by atoms with Gasteiger partial charge >= 0.3 is 5.69 Å². The lowest BCUT2D eigenvalue weighted by Gasteiger charge is -2.12. The second kappa shape index (κ2) is 5.83. The minimum Gasteiger partial charge on any atom is -0.447 e. The smallest absolute Gasteiger partial charge is 0.328 e. The summed E-state index contributed by atoms with van der Waals surface area (Å²) in [6.45, 7) is 3.42. The summed E-state index contributed by atoms with van der Waals surface area (Å²) < 4.78 is 6.48. The van der Waals surface area contributed by atoms with Crippen molar-refractivity contribution >= 4 is 28.9 Å². The molecule has 0 fully saturated rings. The number of hydrogen-bond donors (Lipinski definition) is 2. The average Bonchev–Trinajstić information content (AvgIpc) is 2.35. The number of aromatic amines is 1. The van der Waals surface area contributed by atoms with Crippen LogP contribution in [0.2, 0.25) is 10.0 Å².